The summed E-state index contributed by atoms with van der Waals surface area (Å²) in [4.78, 5) is 32.2. The quantitative estimate of drug-likeness (QED) is 0.168. The number of hydrogen-bond donors (Lipinski definition) is 0. The normalized spacial score (nSPS) is 14.9. The summed E-state index contributed by atoms with van der Waals surface area (Å²) in [7, 11) is -3.44. The molecule has 0 unspecified atom stereocenters. The second kappa shape index (κ2) is 10.4. The van der Waals surface area contributed by atoms with Crippen molar-refractivity contribution < 1.29 is 9.59 Å². The SMILES string of the molecule is CCN1C(=O)N([Si](c2ccccc2)(c2ccccc2)c2ccccc2)C(=O)C1(c1ccccc1)c1ccccc1. The molecule has 0 radical (unpaired) electrons. The lowest BCUT2D eigenvalue weighted by atomic mass is 9.81. The fourth-order valence-corrected chi connectivity index (χ4v) is 11.0. The van der Waals surface area contributed by atoms with Crippen molar-refractivity contribution in [3.63, 3.8) is 0 Å². The highest BCUT2D eigenvalue weighted by Gasteiger charge is 2.65. The van der Waals surface area contributed by atoms with E-state index < -0.39 is 13.8 Å². The Morgan fingerprint density at radius 1 is 0.525 bits per heavy atom. The Bertz CT molecular complexity index is 1480. The van der Waals surface area contributed by atoms with Gasteiger partial charge in [-0.3, -0.25) is 9.36 Å². The van der Waals surface area contributed by atoms with Crippen molar-refractivity contribution in [1.29, 1.82) is 0 Å². The lowest BCUT2D eigenvalue weighted by Gasteiger charge is -2.40. The van der Waals surface area contributed by atoms with Gasteiger partial charge in [0.05, 0.1) is 0 Å². The summed E-state index contributed by atoms with van der Waals surface area (Å²) in [6, 6.07) is 49.4. The minimum atomic E-state index is -3.44. The Kier molecular flexibility index (Phi) is 6.66. The summed E-state index contributed by atoms with van der Waals surface area (Å²) < 4.78 is 1.65. The molecule has 0 N–H and O–H groups in total. The summed E-state index contributed by atoms with van der Waals surface area (Å²) in [6.07, 6.45) is 0. The van der Waals surface area contributed by atoms with E-state index >= 15 is 4.79 Å². The van der Waals surface area contributed by atoms with Gasteiger partial charge in [0.1, 0.15) is 0 Å². The van der Waals surface area contributed by atoms with E-state index in [1.807, 2.05) is 122 Å². The fourth-order valence-electron chi connectivity index (χ4n) is 6.31. The highest BCUT2D eigenvalue weighted by molar-refractivity contribution is 7.11. The maximum absolute atomic E-state index is 15.5. The highest BCUT2D eigenvalue weighted by atomic mass is 28.3. The van der Waals surface area contributed by atoms with E-state index in [9.17, 15) is 4.79 Å². The Labute approximate surface area is 236 Å². The van der Waals surface area contributed by atoms with Gasteiger partial charge in [0, 0.05) is 6.54 Å². The summed E-state index contributed by atoms with van der Waals surface area (Å²) in [5.74, 6) is -0.222. The Morgan fingerprint density at radius 3 is 1.18 bits per heavy atom. The summed E-state index contributed by atoms with van der Waals surface area (Å²) in [6.45, 7) is 2.32. The van der Waals surface area contributed by atoms with Crippen molar-refractivity contribution in [2.75, 3.05) is 6.54 Å². The zero-order valence-corrected chi connectivity index (χ0v) is 23.4. The molecule has 5 heteroatoms. The second-order valence-corrected chi connectivity index (χ2v) is 13.5. The van der Waals surface area contributed by atoms with E-state index in [2.05, 4.69) is 36.4 Å². The van der Waals surface area contributed by atoms with Crippen molar-refractivity contribution >= 4 is 35.7 Å². The molecule has 1 aliphatic heterocycles. The predicted molar refractivity (Wildman–Crippen MR) is 162 cm³/mol. The van der Waals surface area contributed by atoms with Crippen LogP contribution in [0.4, 0.5) is 4.79 Å². The number of amides is 3. The van der Waals surface area contributed by atoms with Crippen LogP contribution in [0.15, 0.2) is 152 Å². The van der Waals surface area contributed by atoms with Crippen molar-refractivity contribution in [3.05, 3.63) is 163 Å². The van der Waals surface area contributed by atoms with Gasteiger partial charge in [0.15, 0.2) is 5.54 Å². The van der Waals surface area contributed by atoms with E-state index in [1.165, 1.54) is 0 Å². The van der Waals surface area contributed by atoms with Crippen molar-refractivity contribution in [3.8, 4) is 0 Å². The van der Waals surface area contributed by atoms with Gasteiger partial charge >= 0.3 is 6.03 Å². The van der Waals surface area contributed by atoms with Crippen LogP contribution >= 0.6 is 0 Å². The molecule has 196 valence electrons. The van der Waals surface area contributed by atoms with Gasteiger partial charge in [-0.15, -0.1) is 0 Å². The van der Waals surface area contributed by atoms with Gasteiger partial charge in [-0.25, -0.2) is 4.79 Å². The minimum Gasteiger partial charge on any atom is -0.303 e. The number of benzene rings is 5. The number of urea groups is 1. The second-order valence-electron chi connectivity index (χ2n) is 9.92. The molecule has 6 rings (SSSR count). The minimum absolute atomic E-state index is 0.222. The third-order valence-electron chi connectivity index (χ3n) is 7.95. The molecule has 1 fully saturated rings. The van der Waals surface area contributed by atoms with E-state index in [4.69, 9.17) is 0 Å². The van der Waals surface area contributed by atoms with Crippen LogP contribution in [-0.2, 0) is 10.3 Å². The van der Waals surface area contributed by atoms with Crippen LogP contribution in [0.5, 0.6) is 0 Å². The zero-order chi connectivity index (χ0) is 27.6. The van der Waals surface area contributed by atoms with Crippen LogP contribution in [0.3, 0.4) is 0 Å². The average molecular weight is 539 g/mol. The van der Waals surface area contributed by atoms with Crippen molar-refractivity contribution in [1.82, 2.24) is 9.47 Å². The molecular weight excluding hydrogens is 508 g/mol. The third-order valence-corrected chi connectivity index (χ3v) is 12.5. The van der Waals surface area contributed by atoms with Gasteiger partial charge in [0.25, 0.3) is 14.1 Å². The predicted octanol–water partition coefficient (Wildman–Crippen LogP) is 4.88. The van der Waals surface area contributed by atoms with Crippen LogP contribution in [0.25, 0.3) is 0 Å². The van der Waals surface area contributed by atoms with Gasteiger partial charge in [-0.05, 0) is 33.6 Å². The van der Waals surface area contributed by atoms with Crippen molar-refractivity contribution in [2.45, 2.75) is 12.5 Å². The molecule has 40 heavy (non-hydrogen) atoms. The fraction of sp³-hybridized carbons (Fsp3) is 0.0857. The maximum Gasteiger partial charge on any atom is 0.320 e. The molecule has 1 saturated heterocycles. The molecule has 5 aromatic carbocycles. The molecule has 0 aromatic heterocycles. The highest BCUT2D eigenvalue weighted by Crippen LogP contribution is 2.44. The molecule has 3 amide bonds. The molecule has 1 aliphatic rings. The van der Waals surface area contributed by atoms with Gasteiger partial charge < -0.3 is 4.90 Å². The lowest BCUT2D eigenvalue weighted by Crippen LogP contribution is -2.78. The summed E-state index contributed by atoms with van der Waals surface area (Å²) in [5.41, 5.74) is 0.257. The number of hydrogen-bond acceptors (Lipinski definition) is 2. The van der Waals surface area contributed by atoms with Gasteiger partial charge in [0.2, 0.25) is 0 Å². The largest absolute Gasteiger partial charge is 0.320 e. The smallest absolute Gasteiger partial charge is 0.303 e. The number of rotatable bonds is 7. The van der Waals surface area contributed by atoms with Crippen LogP contribution in [0.1, 0.15) is 18.1 Å². The molecule has 1 heterocycles. The molecule has 0 spiro atoms. The number of nitrogens with zero attached hydrogens (tertiary/aromatic N) is 2. The number of likely N-dealkylation sites (N-methyl/N-ethyl adjacent to an activating group) is 1. The monoisotopic (exact) mass is 538 g/mol. The lowest BCUT2D eigenvalue weighted by molar-refractivity contribution is -0.129. The Morgan fingerprint density at radius 2 is 0.850 bits per heavy atom. The molecule has 0 saturated carbocycles. The van der Waals surface area contributed by atoms with Crippen molar-refractivity contribution in [2.24, 2.45) is 0 Å². The van der Waals surface area contributed by atoms with Crippen LogP contribution in [-0.4, -0.2) is 36.2 Å². The van der Waals surface area contributed by atoms with Crippen LogP contribution < -0.4 is 15.6 Å². The van der Waals surface area contributed by atoms with Gasteiger partial charge in [-0.2, -0.15) is 0 Å². The Hall–Kier alpha value is -4.74. The number of imide groups is 1. The van der Waals surface area contributed by atoms with E-state index in [-0.39, 0.29) is 11.9 Å². The summed E-state index contributed by atoms with van der Waals surface area (Å²) in [5, 5.41) is 2.92. The molecular formula is C35H30N2O2Si. The van der Waals surface area contributed by atoms with Crippen LogP contribution in [0.2, 0.25) is 0 Å². The maximum atomic E-state index is 15.5. The van der Waals surface area contributed by atoms with E-state index in [1.54, 1.807) is 9.47 Å². The van der Waals surface area contributed by atoms with Gasteiger partial charge in [-0.1, -0.05) is 152 Å². The zero-order valence-electron chi connectivity index (χ0n) is 22.4. The molecule has 0 bridgehead atoms. The molecule has 0 atom stereocenters. The van der Waals surface area contributed by atoms with E-state index in [0.717, 1.165) is 26.7 Å². The first kappa shape index (κ1) is 25.5. The average Bonchev–Trinajstić information content (AvgIpc) is 3.26. The Balaban J connectivity index is 1.74. The molecule has 5 aromatic rings. The number of carbonyl (C=O) groups excluding carboxylic acids is 2. The van der Waals surface area contributed by atoms with E-state index in [0.29, 0.717) is 6.54 Å². The topological polar surface area (TPSA) is 40.6 Å². The summed E-state index contributed by atoms with van der Waals surface area (Å²) >= 11 is 0. The molecule has 4 nitrogen and oxygen atoms in total. The first-order valence-electron chi connectivity index (χ1n) is 13.6. The standard InChI is InChI=1S/C35H30N2O2Si/c1-2-36-34(39)37(33(38)35(36,28-18-8-3-9-19-28)29-20-10-4-11-21-29)40(30-22-12-5-13-23-30,31-24-14-6-15-25-31)32-26-16-7-17-27-32/h3-27H,2H2,1H3. The first-order chi connectivity index (χ1) is 19.7. The third kappa shape index (κ3) is 3.66. The van der Waals surface area contributed by atoms with Crippen LogP contribution in [0, 0.1) is 0 Å². The molecule has 0 aliphatic carbocycles. The number of carbonyl (C=O) groups is 2. The first-order valence-corrected chi connectivity index (χ1v) is 15.6.